The number of aromatic carboxylic acids is 1. The number of fused-ring (bicyclic) bond motifs is 1. The molecular formula is C22H23N3O5S. The number of hydrogen-bond donors (Lipinski definition) is 3. The van der Waals surface area contributed by atoms with E-state index in [0.717, 1.165) is 15.8 Å². The van der Waals surface area contributed by atoms with Crippen LogP contribution in [-0.2, 0) is 16.0 Å². The summed E-state index contributed by atoms with van der Waals surface area (Å²) < 4.78 is 6.11. The predicted molar refractivity (Wildman–Crippen MR) is 120 cm³/mol. The zero-order valence-corrected chi connectivity index (χ0v) is 18.2. The topological polar surface area (TPSA) is 118 Å². The molecule has 0 saturated carbocycles. The van der Waals surface area contributed by atoms with Crippen LogP contribution >= 0.6 is 11.3 Å². The Bertz CT molecular complexity index is 1130. The molecule has 8 nitrogen and oxygen atoms in total. The zero-order valence-electron chi connectivity index (χ0n) is 17.4. The van der Waals surface area contributed by atoms with Crippen LogP contribution in [0.4, 0.5) is 15.6 Å². The number of para-hydroxylation sites is 1. The first-order valence-corrected chi connectivity index (χ1v) is 10.4. The van der Waals surface area contributed by atoms with E-state index in [1.807, 2.05) is 18.2 Å². The van der Waals surface area contributed by atoms with Crippen LogP contribution in [0.25, 0.3) is 10.2 Å². The zero-order chi connectivity index (χ0) is 22.6. The summed E-state index contributed by atoms with van der Waals surface area (Å²) in [6.45, 7) is 5.36. The highest BCUT2D eigenvalue weighted by atomic mass is 32.1. The predicted octanol–water partition coefficient (Wildman–Crippen LogP) is 4.91. The number of hydrogen-bond acceptors (Lipinski definition) is 6. The molecule has 0 bridgehead atoms. The summed E-state index contributed by atoms with van der Waals surface area (Å²) in [4.78, 5) is 39.8. The van der Waals surface area contributed by atoms with Crippen LogP contribution in [0.5, 0.6) is 0 Å². The first kappa shape index (κ1) is 22.2. The highest BCUT2D eigenvalue weighted by Crippen LogP contribution is 2.27. The molecule has 2 aromatic carbocycles. The summed E-state index contributed by atoms with van der Waals surface area (Å²) in [5, 5.41) is 14.9. The summed E-state index contributed by atoms with van der Waals surface area (Å²) in [5.74, 6) is -1.37. The van der Waals surface area contributed by atoms with Crippen LogP contribution in [0, 0.1) is 0 Å². The molecule has 3 aromatic rings. The van der Waals surface area contributed by atoms with Crippen LogP contribution in [0.2, 0.25) is 0 Å². The summed E-state index contributed by atoms with van der Waals surface area (Å²) in [6.07, 6.45) is 0.107. The molecule has 0 radical (unpaired) electrons. The van der Waals surface area contributed by atoms with Gasteiger partial charge in [-0.05, 0) is 57.0 Å². The second kappa shape index (κ2) is 9.13. The summed E-state index contributed by atoms with van der Waals surface area (Å²) in [7, 11) is 0. The number of carbonyl (C=O) groups is 3. The molecular weight excluding hydrogens is 418 g/mol. The lowest BCUT2D eigenvalue weighted by Gasteiger charge is -2.18. The number of rotatable bonds is 6. The number of carboxylic acids is 1. The van der Waals surface area contributed by atoms with Crippen molar-refractivity contribution in [1.29, 1.82) is 0 Å². The molecule has 1 aromatic heterocycles. The van der Waals surface area contributed by atoms with Gasteiger partial charge in [0.2, 0.25) is 5.91 Å². The third-order valence-corrected chi connectivity index (χ3v) is 5.07. The van der Waals surface area contributed by atoms with Crippen molar-refractivity contribution in [3.05, 3.63) is 53.6 Å². The Morgan fingerprint density at radius 3 is 2.55 bits per heavy atom. The Morgan fingerprint density at radius 1 is 1.10 bits per heavy atom. The summed E-state index contributed by atoms with van der Waals surface area (Å²) in [6, 6.07) is 11.9. The first-order chi connectivity index (χ1) is 14.6. The minimum Gasteiger partial charge on any atom is -0.478 e. The minimum atomic E-state index is -1.10. The molecule has 0 spiro atoms. The van der Waals surface area contributed by atoms with Crippen molar-refractivity contribution in [3.8, 4) is 0 Å². The first-order valence-electron chi connectivity index (χ1n) is 9.62. The van der Waals surface area contributed by atoms with Crippen molar-refractivity contribution in [2.75, 3.05) is 10.6 Å². The molecule has 31 heavy (non-hydrogen) atoms. The van der Waals surface area contributed by atoms with Crippen molar-refractivity contribution in [1.82, 2.24) is 4.98 Å². The normalized spacial score (nSPS) is 11.2. The van der Waals surface area contributed by atoms with Gasteiger partial charge in [0.05, 0.1) is 21.5 Å². The Morgan fingerprint density at radius 2 is 1.84 bits per heavy atom. The smallest absolute Gasteiger partial charge is 0.413 e. The van der Waals surface area contributed by atoms with Crippen LogP contribution < -0.4 is 10.6 Å². The van der Waals surface area contributed by atoms with Crippen molar-refractivity contribution >= 4 is 50.3 Å². The van der Waals surface area contributed by atoms with E-state index in [-0.39, 0.29) is 23.6 Å². The lowest BCUT2D eigenvalue weighted by molar-refractivity contribution is -0.116. The Hall–Kier alpha value is -3.46. The molecule has 3 rings (SSSR count). The molecule has 0 atom stereocenters. The lowest BCUT2D eigenvalue weighted by atomic mass is 10.1. The minimum absolute atomic E-state index is 0.0481. The van der Waals surface area contributed by atoms with Gasteiger partial charge in [-0.15, -0.1) is 0 Å². The highest BCUT2D eigenvalue weighted by Gasteiger charge is 2.18. The van der Waals surface area contributed by atoms with Crippen molar-refractivity contribution in [2.24, 2.45) is 0 Å². The number of carbonyl (C=O) groups excluding carboxylic acids is 2. The van der Waals surface area contributed by atoms with E-state index in [4.69, 9.17) is 4.74 Å². The van der Waals surface area contributed by atoms with E-state index in [0.29, 0.717) is 11.6 Å². The van der Waals surface area contributed by atoms with Crippen LogP contribution in [0.1, 0.15) is 43.1 Å². The van der Waals surface area contributed by atoms with Gasteiger partial charge in [0.25, 0.3) is 0 Å². The third kappa shape index (κ3) is 6.26. The standard InChI is InChI=1S/C22H23N3O5S/c1-22(2,3)30-21(29)25-20-24-16-10-8-13(12-17(16)31-20)9-11-18(26)23-15-7-5-4-6-14(15)19(27)28/h4-8,10,12H,9,11H2,1-3H3,(H,23,26)(H,27,28)(H,24,25,29). The maximum atomic E-state index is 12.3. The van der Waals surface area contributed by atoms with Gasteiger partial charge in [-0.3, -0.25) is 10.1 Å². The maximum Gasteiger partial charge on any atom is 0.413 e. The van der Waals surface area contributed by atoms with Crippen LogP contribution in [0.15, 0.2) is 42.5 Å². The van der Waals surface area contributed by atoms with Crippen LogP contribution in [0.3, 0.4) is 0 Å². The second-order valence-electron chi connectivity index (χ2n) is 7.85. The number of thiazole rings is 1. The highest BCUT2D eigenvalue weighted by molar-refractivity contribution is 7.22. The van der Waals surface area contributed by atoms with E-state index in [1.54, 1.807) is 39.0 Å². The monoisotopic (exact) mass is 441 g/mol. The molecule has 0 unspecified atom stereocenters. The van der Waals surface area contributed by atoms with Crippen molar-refractivity contribution < 1.29 is 24.2 Å². The molecule has 9 heteroatoms. The fourth-order valence-corrected chi connectivity index (χ4v) is 3.73. The number of aromatic nitrogens is 1. The fourth-order valence-electron chi connectivity index (χ4n) is 2.82. The van der Waals surface area contributed by atoms with E-state index in [2.05, 4.69) is 15.6 Å². The quantitative estimate of drug-likeness (QED) is 0.500. The summed E-state index contributed by atoms with van der Waals surface area (Å²) >= 11 is 1.32. The number of carboxylic acid groups (broad SMARTS) is 1. The Labute approximate surface area is 183 Å². The molecule has 1 heterocycles. The molecule has 0 saturated heterocycles. The SMILES string of the molecule is CC(C)(C)OC(=O)Nc1nc2ccc(CCC(=O)Nc3ccccc3C(=O)O)cc2s1. The van der Waals surface area contributed by atoms with Gasteiger partial charge in [-0.2, -0.15) is 0 Å². The van der Waals surface area contributed by atoms with E-state index in [9.17, 15) is 19.5 Å². The maximum absolute atomic E-state index is 12.3. The molecule has 162 valence electrons. The van der Waals surface area contributed by atoms with E-state index in [1.165, 1.54) is 17.4 Å². The van der Waals surface area contributed by atoms with Crippen molar-refractivity contribution in [2.45, 2.75) is 39.2 Å². The van der Waals surface area contributed by atoms with Crippen molar-refractivity contribution in [3.63, 3.8) is 0 Å². The van der Waals surface area contributed by atoms with Gasteiger partial charge in [0, 0.05) is 6.42 Å². The Balaban J connectivity index is 1.61. The van der Waals surface area contributed by atoms with E-state index >= 15 is 0 Å². The van der Waals surface area contributed by atoms with Gasteiger partial charge in [0.15, 0.2) is 5.13 Å². The fraction of sp³-hybridized carbons (Fsp3) is 0.273. The summed E-state index contributed by atoms with van der Waals surface area (Å²) in [5.41, 5.74) is 1.39. The average molecular weight is 442 g/mol. The molecule has 0 aliphatic heterocycles. The third-order valence-electron chi connectivity index (χ3n) is 4.13. The second-order valence-corrected chi connectivity index (χ2v) is 8.88. The molecule has 3 N–H and O–H groups in total. The molecule has 2 amide bonds. The molecule has 0 aliphatic rings. The van der Waals surface area contributed by atoms with Gasteiger partial charge in [0.1, 0.15) is 5.60 Å². The number of nitrogens with one attached hydrogen (secondary N) is 2. The van der Waals surface area contributed by atoms with Gasteiger partial charge in [-0.1, -0.05) is 29.5 Å². The van der Waals surface area contributed by atoms with Gasteiger partial charge < -0.3 is 15.2 Å². The largest absolute Gasteiger partial charge is 0.478 e. The lowest BCUT2D eigenvalue weighted by Crippen LogP contribution is -2.27. The van der Waals surface area contributed by atoms with Crippen LogP contribution in [-0.4, -0.2) is 33.7 Å². The number of anilines is 2. The molecule has 0 aliphatic carbocycles. The van der Waals surface area contributed by atoms with Gasteiger partial charge >= 0.3 is 12.1 Å². The average Bonchev–Trinajstić information content (AvgIpc) is 3.06. The van der Waals surface area contributed by atoms with Gasteiger partial charge in [-0.25, -0.2) is 14.6 Å². The van der Waals surface area contributed by atoms with E-state index < -0.39 is 17.7 Å². The number of benzene rings is 2. The number of aryl methyl sites for hydroxylation is 1. The Kier molecular flexibility index (Phi) is 6.55. The number of nitrogens with zero attached hydrogens (tertiary/aromatic N) is 1. The molecule has 0 fully saturated rings. The number of amides is 2. The number of ether oxygens (including phenoxy) is 1.